The molecular formula is C12H19ClN2OS. The standard InChI is InChI=1S/C12H19ClN2OS/c1-8-7-14-11(6-10(8)13)9(2)15-17(16)12(3,4)5/h6-7,9,15H,1-5H3/t9-,17?/m1/s1. The van der Waals surface area contributed by atoms with E-state index in [4.69, 9.17) is 11.6 Å². The molecule has 96 valence electrons. The molecule has 0 bridgehead atoms. The molecule has 1 aromatic heterocycles. The zero-order chi connectivity index (χ0) is 13.2. The van der Waals surface area contributed by atoms with Crippen molar-refractivity contribution in [2.24, 2.45) is 0 Å². The normalized spacial score (nSPS) is 15.7. The summed E-state index contributed by atoms with van der Waals surface area (Å²) in [5.41, 5.74) is 1.75. The maximum absolute atomic E-state index is 11.9. The van der Waals surface area contributed by atoms with E-state index >= 15 is 0 Å². The minimum absolute atomic E-state index is 0.0897. The molecule has 0 aromatic carbocycles. The summed E-state index contributed by atoms with van der Waals surface area (Å²) in [5.74, 6) is 0. The highest BCUT2D eigenvalue weighted by Crippen LogP contribution is 2.21. The van der Waals surface area contributed by atoms with Gasteiger partial charge in [-0.05, 0) is 46.2 Å². The van der Waals surface area contributed by atoms with Crippen LogP contribution in [0.1, 0.15) is 45.0 Å². The number of halogens is 1. The van der Waals surface area contributed by atoms with E-state index in [9.17, 15) is 4.55 Å². The molecule has 3 nitrogen and oxygen atoms in total. The fourth-order valence-corrected chi connectivity index (χ4v) is 2.10. The second kappa shape index (κ2) is 5.57. The van der Waals surface area contributed by atoms with Gasteiger partial charge < -0.3 is 4.55 Å². The Morgan fingerprint density at radius 2 is 2.06 bits per heavy atom. The molecule has 0 aliphatic rings. The number of aromatic nitrogens is 1. The maximum Gasteiger partial charge on any atom is 0.136 e. The van der Waals surface area contributed by atoms with Crippen molar-refractivity contribution in [2.75, 3.05) is 0 Å². The molecule has 0 fully saturated rings. The quantitative estimate of drug-likeness (QED) is 0.862. The number of hydrogen-bond acceptors (Lipinski definition) is 3. The molecule has 1 heterocycles. The van der Waals surface area contributed by atoms with Crippen LogP contribution in [0, 0.1) is 6.92 Å². The predicted octanol–water partition coefficient (Wildman–Crippen LogP) is 3.16. The van der Waals surface area contributed by atoms with Gasteiger partial charge in [0.1, 0.15) is 4.75 Å². The average molecular weight is 275 g/mol. The topological polar surface area (TPSA) is 48.0 Å². The third-order valence-electron chi connectivity index (χ3n) is 2.34. The molecule has 0 aliphatic heterocycles. The van der Waals surface area contributed by atoms with Crippen LogP contribution >= 0.6 is 11.6 Å². The zero-order valence-electron chi connectivity index (χ0n) is 10.9. The van der Waals surface area contributed by atoms with E-state index in [0.29, 0.717) is 5.02 Å². The molecule has 0 radical (unpaired) electrons. The molecule has 1 unspecified atom stereocenters. The Balaban J connectivity index is 2.76. The second-order valence-electron chi connectivity index (χ2n) is 5.08. The first-order chi connectivity index (χ1) is 7.71. The first kappa shape index (κ1) is 14.8. The highest BCUT2D eigenvalue weighted by atomic mass is 35.5. The summed E-state index contributed by atoms with van der Waals surface area (Å²) < 4.78 is 14.7. The second-order valence-corrected chi connectivity index (χ2v) is 7.48. The number of hydrogen-bond donors (Lipinski definition) is 1. The molecule has 0 saturated carbocycles. The lowest BCUT2D eigenvalue weighted by molar-refractivity contribution is 0.529. The van der Waals surface area contributed by atoms with Crippen LogP contribution < -0.4 is 4.72 Å². The summed E-state index contributed by atoms with van der Waals surface area (Å²) >= 11 is 4.93. The van der Waals surface area contributed by atoms with Gasteiger partial charge in [0.25, 0.3) is 0 Å². The molecule has 17 heavy (non-hydrogen) atoms. The van der Waals surface area contributed by atoms with Crippen molar-refractivity contribution in [3.05, 3.63) is 28.5 Å². The Labute approximate surface area is 111 Å². The van der Waals surface area contributed by atoms with Crippen molar-refractivity contribution >= 4 is 23.0 Å². The Bertz CT molecular complexity index is 393. The van der Waals surface area contributed by atoms with E-state index in [2.05, 4.69) is 9.71 Å². The number of rotatable bonds is 3. The van der Waals surface area contributed by atoms with Gasteiger partial charge in [-0.2, -0.15) is 0 Å². The van der Waals surface area contributed by atoms with Crippen LogP contribution in [-0.2, 0) is 11.4 Å². The van der Waals surface area contributed by atoms with Crippen LogP contribution in [0.25, 0.3) is 0 Å². The molecule has 0 aliphatic carbocycles. The highest BCUT2D eigenvalue weighted by Gasteiger charge is 2.28. The average Bonchev–Trinajstić information content (AvgIpc) is 2.20. The molecular weight excluding hydrogens is 256 g/mol. The van der Waals surface area contributed by atoms with Gasteiger partial charge in [0.05, 0.1) is 11.7 Å². The van der Waals surface area contributed by atoms with Crippen molar-refractivity contribution in [1.29, 1.82) is 0 Å². The van der Waals surface area contributed by atoms with E-state index in [1.54, 1.807) is 6.20 Å². The van der Waals surface area contributed by atoms with E-state index in [0.717, 1.165) is 11.3 Å². The molecule has 1 rings (SSSR count). The van der Waals surface area contributed by atoms with Gasteiger partial charge in [-0.3, -0.25) is 4.98 Å². The lowest BCUT2D eigenvalue weighted by Crippen LogP contribution is -2.40. The van der Waals surface area contributed by atoms with Crippen LogP contribution in [0.4, 0.5) is 0 Å². The van der Waals surface area contributed by atoms with Crippen LogP contribution in [0.15, 0.2) is 12.3 Å². The molecule has 0 amide bonds. The van der Waals surface area contributed by atoms with Crippen molar-refractivity contribution in [3.8, 4) is 0 Å². The molecule has 5 heteroatoms. The first-order valence-corrected chi connectivity index (χ1v) is 7.04. The van der Waals surface area contributed by atoms with E-state index in [1.165, 1.54) is 0 Å². The molecule has 0 spiro atoms. The van der Waals surface area contributed by atoms with Gasteiger partial charge in [0, 0.05) is 22.6 Å². The number of aryl methyl sites for hydroxylation is 1. The molecule has 1 aromatic rings. The van der Waals surface area contributed by atoms with Crippen LogP contribution in [0.5, 0.6) is 0 Å². The Hall–Kier alpha value is -0.290. The van der Waals surface area contributed by atoms with Gasteiger partial charge in [-0.15, -0.1) is 4.72 Å². The van der Waals surface area contributed by atoms with Gasteiger partial charge in [-0.25, -0.2) is 0 Å². The summed E-state index contributed by atoms with van der Waals surface area (Å²) in [5, 5.41) is 0.685. The first-order valence-electron chi connectivity index (χ1n) is 5.52. The van der Waals surface area contributed by atoms with E-state index in [1.807, 2.05) is 40.7 Å². The summed E-state index contributed by atoms with van der Waals surface area (Å²) in [6.07, 6.45) is 1.73. The Kier molecular flexibility index (Phi) is 4.84. The smallest absolute Gasteiger partial charge is 0.136 e. The molecule has 0 saturated heterocycles. The maximum atomic E-state index is 11.9. The number of nitrogens with one attached hydrogen (secondary N) is 1. The summed E-state index contributed by atoms with van der Waals surface area (Å²) in [6, 6.07) is 1.72. The summed E-state index contributed by atoms with van der Waals surface area (Å²) in [7, 11) is 0. The Morgan fingerprint density at radius 1 is 1.47 bits per heavy atom. The van der Waals surface area contributed by atoms with Gasteiger partial charge in [0.15, 0.2) is 0 Å². The van der Waals surface area contributed by atoms with Gasteiger partial charge in [0.2, 0.25) is 0 Å². The minimum Gasteiger partial charge on any atom is -0.598 e. The van der Waals surface area contributed by atoms with E-state index < -0.39 is 11.4 Å². The minimum atomic E-state index is -1.11. The highest BCUT2D eigenvalue weighted by molar-refractivity contribution is 7.90. The Morgan fingerprint density at radius 3 is 2.53 bits per heavy atom. The van der Waals surface area contributed by atoms with Crippen LogP contribution in [0.2, 0.25) is 5.02 Å². The van der Waals surface area contributed by atoms with Gasteiger partial charge >= 0.3 is 0 Å². The van der Waals surface area contributed by atoms with Crippen molar-refractivity contribution in [1.82, 2.24) is 9.71 Å². The predicted molar refractivity (Wildman–Crippen MR) is 73.4 cm³/mol. The summed E-state index contributed by atoms with van der Waals surface area (Å²) in [4.78, 5) is 4.29. The monoisotopic (exact) mass is 274 g/mol. The third kappa shape index (κ3) is 4.14. The van der Waals surface area contributed by atoms with Crippen molar-refractivity contribution < 1.29 is 4.55 Å². The lowest BCUT2D eigenvalue weighted by atomic mass is 10.2. The van der Waals surface area contributed by atoms with Crippen LogP contribution in [-0.4, -0.2) is 14.3 Å². The SMILES string of the molecule is Cc1cnc([C@@H](C)N[S+]([O-])C(C)(C)C)cc1Cl. The molecule has 1 N–H and O–H groups in total. The summed E-state index contributed by atoms with van der Waals surface area (Å²) in [6.45, 7) is 9.62. The van der Waals surface area contributed by atoms with Crippen molar-refractivity contribution in [3.63, 3.8) is 0 Å². The van der Waals surface area contributed by atoms with Crippen molar-refractivity contribution in [2.45, 2.75) is 45.4 Å². The largest absolute Gasteiger partial charge is 0.598 e. The lowest BCUT2D eigenvalue weighted by Gasteiger charge is -2.26. The van der Waals surface area contributed by atoms with Crippen LogP contribution in [0.3, 0.4) is 0 Å². The zero-order valence-corrected chi connectivity index (χ0v) is 12.4. The number of pyridine rings is 1. The molecule has 2 atom stereocenters. The number of nitrogens with zero attached hydrogens (tertiary/aromatic N) is 1. The van der Waals surface area contributed by atoms with E-state index in [-0.39, 0.29) is 10.8 Å². The fourth-order valence-electron chi connectivity index (χ4n) is 1.15. The third-order valence-corrected chi connectivity index (χ3v) is 4.43. The van der Waals surface area contributed by atoms with Gasteiger partial charge in [-0.1, -0.05) is 11.6 Å². The fraction of sp³-hybridized carbons (Fsp3) is 0.583.